The lowest BCUT2D eigenvalue weighted by molar-refractivity contribution is 0.580. The largest absolute Gasteiger partial charge is 0.218 e. The number of sulfonamides is 1. The Labute approximate surface area is 86.9 Å². The van der Waals surface area contributed by atoms with Crippen LogP contribution < -0.4 is 4.72 Å². The summed E-state index contributed by atoms with van der Waals surface area (Å²) in [5.74, 6) is -1.09. The monoisotopic (exact) mass is 237 g/mol. The lowest BCUT2D eigenvalue weighted by Gasteiger charge is -2.04. The molecule has 0 saturated carbocycles. The summed E-state index contributed by atoms with van der Waals surface area (Å²) in [5.41, 5.74) is 0.0619. The van der Waals surface area contributed by atoms with Crippen LogP contribution in [-0.4, -0.2) is 15.5 Å². The van der Waals surface area contributed by atoms with Gasteiger partial charge in [0.05, 0.1) is 10.8 Å². The molecule has 3 nitrogen and oxygen atoms in total. The minimum atomic E-state index is -3.46. The molecule has 1 aromatic carbocycles. The first-order valence-electron chi connectivity index (χ1n) is 3.80. The van der Waals surface area contributed by atoms with Gasteiger partial charge in [0.15, 0.2) is 0 Å². The highest BCUT2D eigenvalue weighted by Gasteiger charge is 2.13. The zero-order valence-electron chi connectivity index (χ0n) is 7.42. The number of hydrogen-bond acceptors (Lipinski definition) is 2. The molecule has 0 aliphatic rings. The molecule has 0 aromatic heterocycles. The van der Waals surface area contributed by atoms with Gasteiger partial charge >= 0.3 is 0 Å². The van der Waals surface area contributed by atoms with Crippen LogP contribution in [0.3, 0.4) is 0 Å². The maximum atomic E-state index is 13.2. The smallest absolute Gasteiger partial charge is 0.215 e. The maximum Gasteiger partial charge on any atom is 0.215 e. The van der Waals surface area contributed by atoms with Crippen LogP contribution in [0.25, 0.3) is 0 Å². The van der Waals surface area contributed by atoms with Gasteiger partial charge < -0.3 is 0 Å². The predicted molar refractivity (Wildman–Crippen MR) is 53.1 cm³/mol. The van der Waals surface area contributed by atoms with E-state index in [1.807, 2.05) is 0 Å². The summed E-state index contributed by atoms with van der Waals surface area (Å²) in [6, 6.07) is 4.26. The number of halogens is 2. The van der Waals surface area contributed by atoms with Crippen molar-refractivity contribution in [3.8, 4) is 0 Å². The van der Waals surface area contributed by atoms with Crippen molar-refractivity contribution in [1.29, 1.82) is 0 Å². The molecule has 1 rings (SSSR count). The van der Waals surface area contributed by atoms with Gasteiger partial charge in [-0.05, 0) is 13.1 Å². The Morgan fingerprint density at radius 2 is 2.14 bits per heavy atom. The van der Waals surface area contributed by atoms with E-state index in [4.69, 9.17) is 11.6 Å². The van der Waals surface area contributed by atoms with Crippen molar-refractivity contribution >= 4 is 21.6 Å². The molecule has 0 bridgehead atoms. The van der Waals surface area contributed by atoms with Gasteiger partial charge in [-0.1, -0.05) is 23.7 Å². The second-order valence-corrected chi connectivity index (χ2v) is 5.01. The minimum absolute atomic E-state index is 0.0619. The molecule has 0 spiro atoms. The Bertz CT molecular complexity index is 433. The van der Waals surface area contributed by atoms with Gasteiger partial charge in [-0.3, -0.25) is 0 Å². The minimum Gasteiger partial charge on any atom is -0.218 e. The fourth-order valence-corrected chi connectivity index (χ4v) is 1.91. The summed E-state index contributed by atoms with van der Waals surface area (Å²) >= 11 is 5.50. The van der Waals surface area contributed by atoms with Crippen LogP contribution >= 0.6 is 11.6 Å². The molecule has 0 radical (unpaired) electrons. The second kappa shape index (κ2) is 4.25. The average molecular weight is 238 g/mol. The van der Waals surface area contributed by atoms with Crippen LogP contribution in [0.2, 0.25) is 5.02 Å². The Hall–Kier alpha value is -0.650. The molecule has 1 N–H and O–H groups in total. The van der Waals surface area contributed by atoms with E-state index in [9.17, 15) is 12.8 Å². The van der Waals surface area contributed by atoms with Gasteiger partial charge in [0, 0.05) is 5.56 Å². The van der Waals surface area contributed by atoms with Crippen molar-refractivity contribution in [3.05, 3.63) is 34.6 Å². The lowest BCUT2D eigenvalue weighted by atomic mass is 10.2. The predicted octanol–water partition coefficient (Wildman–Crippen LogP) is 1.53. The molecule has 78 valence electrons. The van der Waals surface area contributed by atoms with E-state index in [-0.39, 0.29) is 10.6 Å². The van der Waals surface area contributed by atoms with E-state index in [1.165, 1.54) is 25.2 Å². The zero-order chi connectivity index (χ0) is 10.8. The van der Waals surface area contributed by atoms with Crippen molar-refractivity contribution in [2.45, 2.75) is 5.75 Å². The Kier molecular flexibility index (Phi) is 3.47. The van der Waals surface area contributed by atoms with Crippen LogP contribution in [0.15, 0.2) is 18.2 Å². The van der Waals surface area contributed by atoms with E-state index < -0.39 is 21.6 Å². The molecule has 1 aromatic rings. The summed E-state index contributed by atoms with van der Waals surface area (Å²) in [6.45, 7) is 0. The van der Waals surface area contributed by atoms with E-state index in [1.54, 1.807) is 0 Å². The Balaban J connectivity index is 3.05. The van der Waals surface area contributed by atoms with E-state index in [0.29, 0.717) is 0 Å². The van der Waals surface area contributed by atoms with Crippen molar-refractivity contribution in [2.75, 3.05) is 7.05 Å². The van der Waals surface area contributed by atoms with Crippen molar-refractivity contribution in [3.63, 3.8) is 0 Å². The first kappa shape index (κ1) is 11.4. The molecule has 6 heteroatoms. The second-order valence-electron chi connectivity index (χ2n) is 2.68. The number of nitrogens with one attached hydrogen (secondary N) is 1. The Morgan fingerprint density at radius 3 is 2.71 bits per heavy atom. The molecule has 14 heavy (non-hydrogen) atoms. The van der Waals surface area contributed by atoms with Gasteiger partial charge in [0.1, 0.15) is 5.82 Å². The standard InChI is InChI=1S/C8H9ClFNO2S/c1-11-14(12,13)5-6-3-2-4-7(9)8(6)10/h2-4,11H,5H2,1H3. The first-order chi connectivity index (χ1) is 6.46. The molecule has 0 amide bonds. The zero-order valence-corrected chi connectivity index (χ0v) is 8.99. The lowest BCUT2D eigenvalue weighted by Crippen LogP contribution is -2.20. The molecule has 0 saturated heterocycles. The van der Waals surface area contributed by atoms with Crippen LogP contribution in [0.5, 0.6) is 0 Å². The normalized spacial score (nSPS) is 11.6. The fourth-order valence-electron chi connectivity index (χ4n) is 0.937. The first-order valence-corrected chi connectivity index (χ1v) is 5.83. The molecular weight excluding hydrogens is 229 g/mol. The third-order valence-corrected chi connectivity index (χ3v) is 3.29. The van der Waals surface area contributed by atoms with Crippen molar-refractivity contribution in [2.24, 2.45) is 0 Å². The van der Waals surface area contributed by atoms with Gasteiger partial charge in [-0.25, -0.2) is 17.5 Å². The summed E-state index contributed by atoms with van der Waals surface area (Å²) < 4.78 is 37.6. The molecule has 0 fully saturated rings. The van der Waals surface area contributed by atoms with Crippen LogP contribution in [0.1, 0.15) is 5.56 Å². The van der Waals surface area contributed by atoms with E-state index >= 15 is 0 Å². The summed E-state index contributed by atoms with van der Waals surface area (Å²) in [5, 5.41) is -0.0752. The highest BCUT2D eigenvalue weighted by Crippen LogP contribution is 2.19. The van der Waals surface area contributed by atoms with Gasteiger partial charge in [0.2, 0.25) is 10.0 Å². The van der Waals surface area contributed by atoms with Gasteiger partial charge in [-0.2, -0.15) is 0 Å². The highest BCUT2D eigenvalue weighted by atomic mass is 35.5. The topological polar surface area (TPSA) is 46.2 Å². The molecule has 0 aliphatic carbocycles. The maximum absolute atomic E-state index is 13.2. The summed E-state index contributed by atoms with van der Waals surface area (Å²) in [4.78, 5) is 0. The third-order valence-electron chi connectivity index (χ3n) is 1.69. The summed E-state index contributed by atoms with van der Waals surface area (Å²) in [6.07, 6.45) is 0. The highest BCUT2D eigenvalue weighted by molar-refractivity contribution is 7.88. The van der Waals surface area contributed by atoms with Gasteiger partial charge in [-0.15, -0.1) is 0 Å². The SMILES string of the molecule is CNS(=O)(=O)Cc1cccc(Cl)c1F. The van der Waals surface area contributed by atoms with E-state index in [2.05, 4.69) is 4.72 Å². The van der Waals surface area contributed by atoms with Crippen molar-refractivity contribution < 1.29 is 12.8 Å². The van der Waals surface area contributed by atoms with Crippen LogP contribution in [0, 0.1) is 5.82 Å². The third kappa shape index (κ3) is 2.67. The molecule has 0 heterocycles. The fraction of sp³-hybridized carbons (Fsp3) is 0.250. The van der Waals surface area contributed by atoms with Gasteiger partial charge in [0.25, 0.3) is 0 Å². The molecule has 0 aliphatic heterocycles. The molecular formula is C8H9ClFNO2S. The van der Waals surface area contributed by atoms with Crippen molar-refractivity contribution in [1.82, 2.24) is 4.72 Å². The van der Waals surface area contributed by atoms with E-state index in [0.717, 1.165) is 0 Å². The summed E-state index contributed by atoms with van der Waals surface area (Å²) in [7, 11) is -2.18. The number of rotatable bonds is 3. The molecule has 0 atom stereocenters. The average Bonchev–Trinajstić information content (AvgIpc) is 2.13. The number of hydrogen-bond donors (Lipinski definition) is 1. The Morgan fingerprint density at radius 1 is 1.50 bits per heavy atom. The van der Waals surface area contributed by atoms with Crippen LogP contribution in [0.4, 0.5) is 4.39 Å². The van der Waals surface area contributed by atoms with Crippen LogP contribution in [-0.2, 0) is 15.8 Å². The quantitative estimate of drug-likeness (QED) is 0.867. The number of benzene rings is 1. The molecule has 0 unspecified atom stereocenters.